The van der Waals surface area contributed by atoms with Crippen LogP contribution in [0.5, 0.6) is 0 Å². The zero-order valence-corrected chi connectivity index (χ0v) is 17.0. The Morgan fingerprint density at radius 1 is 1.17 bits per heavy atom. The molecule has 0 aliphatic heterocycles. The number of esters is 1. The second kappa shape index (κ2) is 9.59. The Labute approximate surface area is 168 Å². The third-order valence-electron chi connectivity index (χ3n) is 4.02. The molecular weight excluding hydrogens is 403 g/mol. The first-order valence-corrected chi connectivity index (χ1v) is 9.91. The number of hydrogen-bond donors (Lipinski definition) is 1. The summed E-state index contributed by atoms with van der Waals surface area (Å²) in [7, 11) is -1.52. The van der Waals surface area contributed by atoms with Crippen molar-refractivity contribution in [1.29, 1.82) is 0 Å². The van der Waals surface area contributed by atoms with Gasteiger partial charge in [0.25, 0.3) is 15.9 Å². The third kappa shape index (κ3) is 5.83. The standard InChI is InChI=1S/C19H21FN2O6S/c1-13-7-8-14(9-17(13)20)11-21-18(23)12-28-19(24)15-5-4-6-16(10-15)29(25,26)22(2)27-3/h4-10H,11-12H2,1-3H3,(H,21,23). The average Bonchev–Trinajstić information content (AvgIpc) is 2.72. The summed E-state index contributed by atoms with van der Waals surface area (Å²) in [6.07, 6.45) is 0. The van der Waals surface area contributed by atoms with Gasteiger partial charge < -0.3 is 10.1 Å². The maximum atomic E-state index is 13.5. The number of hydrogen-bond acceptors (Lipinski definition) is 6. The Kier molecular flexibility index (Phi) is 7.43. The highest BCUT2D eigenvalue weighted by Gasteiger charge is 2.22. The van der Waals surface area contributed by atoms with Gasteiger partial charge in [-0.25, -0.2) is 17.6 Å². The second-order valence-electron chi connectivity index (χ2n) is 6.06. The van der Waals surface area contributed by atoms with Crippen molar-refractivity contribution in [3.05, 3.63) is 65.0 Å². The maximum absolute atomic E-state index is 13.5. The van der Waals surface area contributed by atoms with Crippen LogP contribution in [0.2, 0.25) is 0 Å². The Morgan fingerprint density at radius 3 is 2.55 bits per heavy atom. The van der Waals surface area contributed by atoms with Gasteiger partial charge in [-0.3, -0.25) is 9.63 Å². The Bertz CT molecular complexity index is 1010. The van der Waals surface area contributed by atoms with Gasteiger partial charge in [0.2, 0.25) is 0 Å². The molecule has 1 amide bonds. The molecule has 0 aliphatic rings. The molecule has 0 aliphatic carbocycles. The molecule has 1 N–H and O–H groups in total. The van der Waals surface area contributed by atoms with E-state index < -0.39 is 28.5 Å². The second-order valence-corrected chi connectivity index (χ2v) is 8.00. The first kappa shape index (κ1) is 22.5. The summed E-state index contributed by atoms with van der Waals surface area (Å²) < 4.78 is 43.5. The van der Waals surface area contributed by atoms with Crippen molar-refractivity contribution in [3.63, 3.8) is 0 Å². The number of sulfonamides is 1. The number of carbonyl (C=O) groups is 2. The van der Waals surface area contributed by atoms with Crippen molar-refractivity contribution in [2.24, 2.45) is 0 Å². The fourth-order valence-corrected chi connectivity index (χ4v) is 3.26. The number of amides is 1. The SMILES string of the molecule is CON(C)S(=O)(=O)c1cccc(C(=O)OCC(=O)NCc2ccc(C)c(F)c2)c1. The average molecular weight is 424 g/mol. The summed E-state index contributed by atoms with van der Waals surface area (Å²) in [6, 6.07) is 9.74. The summed E-state index contributed by atoms with van der Waals surface area (Å²) in [5, 5.41) is 2.51. The van der Waals surface area contributed by atoms with E-state index in [0.717, 1.165) is 6.07 Å². The molecule has 0 atom stereocenters. The molecule has 10 heteroatoms. The van der Waals surface area contributed by atoms with Crippen LogP contribution in [-0.4, -0.2) is 45.5 Å². The van der Waals surface area contributed by atoms with Gasteiger partial charge in [-0.15, -0.1) is 0 Å². The molecule has 156 valence electrons. The van der Waals surface area contributed by atoms with Crippen LogP contribution >= 0.6 is 0 Å². The van der Waals surface area contributed by atoms with Gasteiger partial charge >= 0.3 is 5.97 Å². The van der Waals surface area contributed by atoms with E-state index in [-0.39, 0.29) is 22.8 Å². The lowest BCUT2D eigenvalue weighted by molar-refractivity contribution is -0.124. The summed E-state index contributed by atoms with van der Waals surface area (Å²) in [5.41, 5.74) is 1.02. The van der Waals surface area contributed by atoms with Crippen molar-refractivity contribution in [3.8, 4) is 0 Å². The van der Waals surface area contributed by atoms with Gasteiger partial charge in [-0.2, -0.15) is 0 Å². The number of carbonyl (C=O) groups excluding carboxylic acids is 2. The lowest BCUT2D eigenvalue weighted by atomic mass is 10.1. The molecule has 0 unspecified atom stereocenters. The van der Waals surface area contributed by atoms with Crippen molar-refractivity contribution in [2.45, 2.75) is 18.4 Å². The smallest absolute Gasteiger partial charge is 0.338 e. The number of ether oxygens (including phenoxy) is 1. The number of benzene rings is 2. The van der Waals surface area contributed by atoms with Crippen LogP contribution in [-0.2, 0) is 30.9 Å². The Hall–Kier alpha value is -2.82. The maximum Gasteiger partial charge on any atom is 0.338 e. The van der Waals surface area contributed by atoms with Gasteiger partial charge in [-0.05, 0) is 42.3 Å². The van der Waals surface area contributed by atoms with Crippen molar-refractivity contribution >= 4 is 21.9 Å². The first-order chi connectivity index (χ1) is 13.6. The highest BCUT2D eigenvalue weighted by Crippen LogP contribution is 2.16. The van der Waals surface area contributed by atoms with Crippen LogP contribution in [0.15, 0.2) is 47.4 Å². The van der Waals surface area contributed by atoms with Crippen LogP contribution < -0.4 is 5.32 Å². The first-order valence-electron chi connectivity index (χ1n) is 8.47. The van der Waals surface area contributed by atoms with E-state index >= 15 is 0 Å². The fraction of sp³-hybridized carbons (Fsp3) is 0.263. The van der Waals surface area contributed by atoms with Gasteiger partial charge in [0, 0.05) is 13.6 Å². The van der Waals surface area contributed by atoms with E-state index in [1.165, 1.54) is 38.4 Å². The number of halogens is 1. The number of rotatable bonds is 8. The summed E-state index contributed by atoms with van der Waals surface area (Å²) in [5.74, 6) is -1.82. The van der Waals surface area contributed by atoms with Gasteiger partial charge in [0.1, 0.15) is 5.82 Å². The minimum Gasteiger partial charge on any atom is -0.452 e. The predicted octanol–water partition coefficient (Wildman–Crippen LogP) is 1.79. The summed E-state index contributed by atoms with van der Waals surface area (Å²) in [4.78, 5) is 28.5. The zero-order chi connectivity index (χ0) is 21.6. The largest absolute Gasteiger partial charge is 0.452 e. The molecular formula is C19H21FN2O6S. The fourth-order valence-electron chi connectivity index (χ4n) is 2.24. The number of nitrogens with zero attached hydrogens (tertiary/aromatic N) is 1. The summed E-state index contributed by atoms with van der Waals surface area (Å²) in [6.45, 7) is 1.14. The van der Waals surface area contributed by atoms with Crippen LogP contribution in [0.1, 0.15) is 21.5 Å². The van der Waals surface area contributed by atoms with Crippen molar-refractivity contribution < 1.29 is 32.0 Å². The quantitative estimate of drug-likeness (QED) is 0.512. The lowest BCUT2D eigenvalue weighted by Crippen LogP contribution is -2.28. The molecule has 0 bridgehead atoms. The Balaban J connectivity index is 1.94. The monoisotopic (exact) mass is 424 g/mol. The molecule has 0 saturated heterocycles. The van der Waals surface area contributed by atoms with E-state index in [0.29, 0.717) is 15.6 Å². The van der Waals surface area contributed by atoms with Gasteiger partial charge in [0.15, 0.2) is 6.61 Å². The lowest BCUT2D eigenvalue weighted by Gasteiger charge is -2.14. The molecule has 0 spiro atoms. The number of nitrogens with one attached hydrogen (secondary N) is 1. The molecule has 0 aromatic heterocycles. The molecule has 2 aromatic rings. The topological polar surface area (TPSA) is 102 Å². The van der Waals surface area contributed by atoms with E-state index in [1.807, 2.05) is 0 Å². The van der Waals surface area contributed by atoms with E-state index in [9.17, 15) is 22.4 Å². The molecule has 8 nitrogen and oxygen atoms in total. The minimum absolute atomic E-state index is 0.0380. The van der Waals surface area contributed by atoms with Crippen molar-refractivity contribution in [2.75, 3.05) is 20.8 Å². The van der Waals surface area contributed by atoms with Gasteiger partial charge in [-0.1, -0.05) is 22.7 Å². The third-order valence-corrected chi connectivity index (χ3v) is 5.70. The highest BCUT2D eigenvalue weighted by atomic mass is 32.2. The molecule has 0 heterocycles. The highest BCUT2D eigenvalue weighted by molar-refractivity contribution is 7.89. The van der Waals surface area contributed by atoms with E-state index in [4.69, 9.17) is 4.74 Å². The molecule has 0 radical (unpaired) electrons. The van der Waals surface area contributed by atoms with E-state index in [1.54, 1.807) is 19.1 Å². The van der Waals surface area contributed by atoms with E-state index in [2.05, 4.69) is 10.2 Å². The van der Waals surface area contributed by atoms with Crippen LogP contribution in [0.3, 0.4) is 0 Å². The number of hydroxylamine groups is 1. The number of aryl methyl sites for hydroxylation is 1. The Morgan fingerprint density at radius 2 is 1.90 bits per heavy atom. The predicted molar refractivity (Wildman–Crippen MR) is 102 cm³/mol. The van der Waals surface area contributed by atoms with Crippen molar-refractivity contribution in [1.82, 2.24) is 9.79 Å². The van der Waals surface area contributed by atoms with Crippen LogP contribution in [0, 0.1) is 12.7 Å². The van der Waals surface area contributed by atoms with Gasteiger partial charge in [0.05, 0.1) is 17.6 Å². The minimum atomic E-state index is -3.93. The molecule has 0 fully saturated rings. The molecule has 29 heavy (non-hydrogen) atoms. The summed E-state index contributed by atoms with van der Waals surface area (Å²) >= 11 is 0. The molecule has 0 saturated carbocycles. The molecule has 2 rings (SSSR count). The normalized spacial score (nSPS) is 11.3. The van der Waals surface area contributed by atoms with Crippen LogP contribution in [0.4, 0.5) is 4.39 Å². The van der Waals surface area contributed by atoms with Crippen LogP contribution in [0.25, 0.3) is 0 Å². The molecule has 2 aromatic carbocycles. The zero-order valence-electron chi connectivity index (χ0n) is 16.1.